The Morgan fingerprint density at radius 3 is 2.37 bits per heavy atom. The van der Waals surface area contributed by atoms with Crippen molar-refractivity contribution in [2.75, 3.05) is 33.5 Å². The Hall–Kier alpha value is -3.41. The fraction of sp³-hybridized carbons (Fsp3) is 0.538. The van der Waals surface area contributed by atoms with Crippen LogP contribution in [0, 0.1) is 0 Å². The van der Waals surface area contributed by atoms with Crippen LogP contribution < -0.4 is 9.47 Å². The molecule has 1 amide bonds. The molecule has 38 heavy (non-hydrogen) atoms. The number of carboxylic acids is 1. The van der Waals surface area contributed by atoms with Gasteiger partial charge in [0.2, 0.25) is 6.79 Å². The lowest BCUT2D eigenvalue weighted by Crippen LogP contribution is -2.54. The molecule has 3 aliphatic rings. The molecule has 2 aromatic rings. The van der Waals surface area contributed by atoms with E-state index in [9.17, 15) is 18.0 Å². The van der Waals surface area contributed by atoms with E-state index >= 15 is 0 Å². The molecule has 1 N–H and O–H groups in total. The number of nitrogens with zero attached hydrogens (tertiary/aromatic N) is 4. The van der Waals surface area contributed by atoms with Gasteiger partial charge in [-0.05, 0) is 43.6 Å². The van der Waals surface area contributed by atoms with E-state index in [0.717, 1.165) is 62.0 Å². The van der Waals surface area contributed by atoms with E-state index in [1.54, 1.807) is 6.20 Å². The van der Waals surface area contributed by atoms with Crippen LogP contribution in [0.25, 0.3) is 0 Å². The van der Waals surface area contributed by atoms with Crippen molar-refractivity contribution in [1.82, 2.24) is 19.8 Å². The Labute approximate surface area is 218 Å². The Bertz CT molecular complexity index is 1220. The van der Waals surface area contributed by atoms with Crippen molar-refractivity contribution in [2.24, 2.45) is 0 Å². The Morgan fingerprint density at radius 1 is 1.13 bits per heavy atom. The van der Waals surface area contributed by atoms with Crippen LogP contribution in [0.15, 0.2) is 24.4 Å². The molecule has 3 aliphatic heterocycles. The minimum atomic E-state index is -5.08. The average molecular weight is 537 g/mol. The predicted octanol–water partition coefficient (Wildman–Crippen LogP) is 3.76. The topological polar surface area (TPSA) is 105 Å². The van der Waals surface area contributed by atoms with Crippen molar-refractivity contribution < 1.29 is 37.3 Å². The van der Waals surface area contributed by atoms with Gasteiger partial charge in [0.25, 0.3) is 5.91 Å². The summed E-state index contributed by atoms with van der Waals surface area (Å²) in [7, 11) is 1.89. The van der Waals surface area contributed by atoms with Crippen LogP contribution in [-0.4, -0.2) is 76.4 Å². The number of fused-ring (bicyclic) bond motifs is 3. The third-order valence-electron chi connectivity index (χ3n) is 6.98. The molecule has 0 atom stereocenters. The van der Waals surface area contributed by atoms with Crippen molar-refractivity contribution in [3.05, 3.63) is 47.0 Å². The average Bonchev–Trinajstić information content (AvgIpc) is 3.31. The van der Waals surface area contributed by atoms with Crippen LogP contribution in [0.4, 0.5) is 13.2 Å². The molecule has 12 heteroatoms. The van der Waals surface area contributed by atoms with Gasteiger partial charge in [-0.2, -0.15) is 13.2 Å². The fourth-order valence-electron chi connectivity index (χ4n) is 4.94. The maximum Gasteiger partial charge on any atom is 0.490 e. The normalized spacial score (nSPS) is 18.6. The molecule has 0 aliphatic carbocycles. The quantitative estimate of drug-likeness (QED) is 0.619. The highest BCUT2D eigenvalue weighted by atomic mass is 19.4. The van der Waals surface area contributed by atoms with Crippen molar-refractivity contribution >= 4 is 11.9 Å². The summed E-state index contributed by atoms with van der Waals surface area (Å²) >= 11 is 0. The van der Waals surface area contributed by atoms with E-state index in [1.165, 1.54) is 5.56 Å². The molecule has 206 valence electrons. The summed E-state index contributed by atoms with van der Waals surface area (Å²) < 4.78 is 42.7. The van der Waals surface area contributed by atoms with Gasteiger partial charge in [-0.25, -0.2) is 14.8 Å². The van der Waals surface area contributed by atoms with Crippen LogP contribution in [-0.2, 0) is 22.2 Å². The summed E-state index contributed by atoms with van der Waals surface area (Å²) in [6.45, 7) is 10.2. The zero-order valence-corrected chi connectivity index (χ0v) is 21.8. The molecule has 4 heterocycles. The first-order chi connectivity index (χ1) is 17.7. The molecule has 0 bridgehead atoms. The molecule has 0 saturated carbocycles. The minimum Gasteiger partial charge on any atom is -0.475 e. The largest absolute Gasteiger partial charge is 0.490 e. The number of alkyl halides is 3. The number of amides is 1. The first-order valence-corrected chi connectivity index (χ1v) is 12.2. The fourth-order valence-corrected chi connectivity index (χ4v) is 4.94. The lowest BCUT2D eigenvalue weighted by Gasteiger charge is -2.46. The first kappa shape index (κ1) is 27.6. The van der Waals surface area contributed by atoms with Gasteiger partial charge in [0.05, 0.1) is 11.3 Å². The zero-order valence-electron chi connectivity index (χ0n) is 21.8. The molecular weight excluding hydrogens is 505 g/mol. The smallest absolute Gasteiger partial charge is 0.475 e. The number of carbonyl (C=O) groups excluding carboxylic acids is 1. The molecule has 0 radical (unpaired) electrons. The number of likely N-dealkylation sites (tertiary alicyclic amines) is 1. The third-order valence-corrected chi connectivity index (χ3v) is 6.98. The highest BCUT2D eigenvalue weighted by Crippen LogP contribution is 2.41. The van der Waals surface area contributed by atoms with Crippen molar-refractivity contribution in [3.8, 4) is 11.5 Å². The van der Waals surface area contributed by atoms with E-state index < -0.39 is 12.1 Å². The molecule has 5 rings (SSSR count). The summed E-state index contributed by atoms with van der Waals surface area (Å²) in [4.78, 5) is 35.6. The molecule has 1 aromatic carbocycles. The SMILES string of the molecule is CN1CC2(CCN(Cc3ccc4c(c3)OCO4)CC2)c2nc(C(C)(C)C)ncc2C1=O.O=C(O)C(F)(F)F. The second kappa shape index (κ2) is 10.0. The Balaban J connectivity index is 0.000000426. The Kier molecular flexibility index (Phi) is 7.30. The summed E-state index contributed by atoms with van der Waals surface area (Å²) in [5.74, 6) is -0.261. The number of halogens is 3. The Morgan fingerprint density at radius 2 is 1.76 bits per heavy atom. The number of ether oxygens (including phenoxy) is 2. The highest BCUT2D eigenvalue weighted by Gasteiger charge is 2.46. The van der Waals surface area contributed by atoms with Crippen molar-refractivity contribution in [1.29, 1.82) is 0 Å². The van der Waals surface area contributed by atoms with Crippen LogP contribution in [0.5, 0.6) is 11.5 Å². The molecular formula is C26H31F3N4O5. The summed E-state index contributed by atoms with van der Waals surface area (Å²) in [6.07, 6.45) is -1.38. The van der Waals surface area contributed by atoms with Gasteiger partial charge in [0.15, 0.2) is 11.5 Å². The van der Waals surface area contributed by atoms with Crippen LogP contribution in [0.2, 0.25) is 0 Å². The molecule has 1 spiro atoms. The molecule has 1 aromatic heterocycles. The monoisotopic (exact) mass is 536 g/mol. The minimum absolute atomic E-state index is 0.0314. The second-order valence-electron chi connectivity index (χ2n) is 10.9. The van der Waals surface area contributed by atoms with E-state index in [2.05, 4.69) is 42.8 Å². The van der Waals surface area contributed by atoms with Crippen LogP contribution in [0.3, 0.4) is 0 Å². The number of carbonyl (C=O) groups is 2. The molecule has 1 fully saturated rings. The lowest BCUT2D eigenvalue weighted by atomic mass is 9.71. The van der Waals surface area contributed by atoms with E-state index in [4.69, 9.17) is 24.4 Å². The van der Waals surface area contributed by atoms with Crippen LogP contribution >= 0.6 is 0 Å². The summed E-state index contributed by atoms with van der Waals surface area (Å²) in [5.41, 5.74) is 2.60. The maximum atomic E-state index is 12.8. The van der Waals surface area contributed by atoms with Crippen molar-refractivity contribution in [2.45, 2.75) is 57.2 Å². The number of carboxylic acid groups (broad SMARTS) is 1. The number of aliphatic carboxylic acids is 1. The number of piperidine rings is 1. The van der Waals surface area contributed by atoms with Gasteiger partial charge in [0, 0.05) is 37.2 Å². The number of benzene rings is 1. The van der Waals surface area contributed by atoms with E-state index in [0.29, 0.717) is 12.4 Å². The number of likely N-dealkylation sites (N-methyl/N-ethyl adjacent to an activating group) is 1. The second-order valence-corrected chi connectivity index (χ2v) is 10.9. The van der Waals surface area contributed by atoms with Gasteiger partial charge in [0.1, 0.15) is 5.82 Å². The van der Waals surface area contributed by atoms with Crippen LogP contribution in [0.1, 0.15) is 61.1 Å². The van der Waals surface area contributed by atoms with Gasteiger partial charge >= 0.3 is 12.1 Å². The first-order valence-electron chi connectivity index (χ1n) is 12.2. The standard InChI is InChI=1S/C24H30N4O3.C2HF3O2/c1-23(2,3)22-25-12-17-20(26-22)24(14-27(4)21(17)29)7-9-28(10-8-24)13-16-5-6-18-19(11-16)31-15-30-18;3-2(4,5)1(6)7/h5-6,11-12H,7-10,13-15H2,1-4H3;(H,6,7). The highest BCUT2D eigenvalue weighted by molar-refractivity contribution is 5.96. The molecule has 1 saturated heterocycles. The lowest BCUT2D eigenvalue weighted by molar-refractivity contribution is -0.192. The summed E-state index contributed by atoms with van der Waals surface area (Å²) in [5, 5.41) is 7.12. The van der Waals surface area contributed by atoms with Gasteiger partial charge < -0.3 is 19.5 Å². The summed E-state index contributed by atoms with van der Waals surface area (Å²) in [6, 6.07) is 6.19. The van der Waals surface area contributed by atoms with Gasteiger partial charge in [-0.1, -0.05) is 26.8 Å². The zero-order chi connectivity index (χ0) is 27.9. The molecule has 0 unspecified atom stereocenters. The number of rotatable bonds is 2. The number of hydrogen-bond donors (Lipinski definition) is 1. The van der Waals surface area contributed by atoms with E-state index in [1.807, 2.05) is 18.0 Å². The number of aromatic nitrogens is 2. The molecule has 9 nitrogen and oxygen atoms in total. The van der Waals surface area contributed by atoms with Crippen molar-refractivity contribution in [3.63, 3.8) is 0 Å². The predicted molar refractivity (Wildman–Crippen MR) is 130 cm³/mol. The number of hydrogen-bond acceptors (Lipinski definition) is 7. The third kappa shape index (κ3) is 5.69. The maximum absolute atomic E-state index is 12.8. The van der Waals surface area contributed by atoms with E-state index in [-0.39, 0.29) is 16.7 Å². The van der Waals surface area contributed by atoms with Gasteiger partial charge in [-0.15, -0.1) is 0 Å². The van der Waals surface area contributed by atoms with Gasteiger partial charge in [-0.3, -0.25) is 9.69 Å².